The standard InChI is InChI=1S/C17H17N3O/c1-11-7-3-4-8-13(11)17(21)18-12(2)16-19-14-9-5-6-10-15(14)20-16/h3-10,12H,1-2H3,(H,18,21)(H,19,20)/t12-/m1/s1. The highest BCUT2D eigenvalue weighted by Crippen LogP contribution is 2.16. The molecular weight excluding hydrogens is 262 g/mol. The van der Waals surface area contributed by atoms with Gasteiger partial charge in [-0.3, -0.25) is 4.79 Å². The smallest absolute Gasteiger partial charge is 0.252 e. The summed E-state index contributed by atoms with van der Waals surface area (Å²) in [7, 11) is 0. The average molecular weight is 279 g/mol. The normalized spacial score (nSPS) is 12.3. The van der Waals surface area contributed by atoms with Crippen molar-refractivity contribution in [1.29, 1.82) is 0 Å². The van der Waals surface area contributed by atoms with Gasteiger partial charge in [0.25, 0.3) is 5.91 Å². The largest absolute Gasteiger partial charge is 0.342 e. The van der Waals surface area contributed by atoms with Crippen molar-refractivity contribution in [2.24, 2.45) is 0 Å². The Morgan fingerprint density at radius 2 is 1.86 bits per heavy atom. The monoisotopic (exact) mass is 279 g/mol. The lowest BCUT2D eigenvalue weighted by molar-refractivity contribution is 0.0938. The second-order valence-corrected chi connectivity index (χ2v) is 5.15. The molecule has 0 saturated heterocycles. The van der Waals surface area contributed by atoms with E-state index in [2.05, 4.69) is 15.3 Å². The number of nitrogens with one attached hydrogen (secondary N) is 2. The van der Waals surface area contributed by atoms with Crippen molar-refractivity contribution in [2.45, 2.75) is 19.9 Å². The first-order valence-corrected chi connectivity index (χ1v) is 6.96. The number of amides is 1. The molecule has 2 N–H and O–H groups in total. The lowest BCUT2D eigenvalue weighted by atomic mass is 10.1. The van der Waals surface area contributed by atoms with E-state index >= 15 is 0 Å². The molecule has 0 aliphatic rings. The molecule has 0 spiro atoms. The first-order valence-electron chi connectivity index (χ1n) is 6.96. The van der Waals surface area contributed by atoms with Crippen LogP contribution in [0.2, 0.25) is 0 Å². The number of carbonyl (C=O) groups is 1. The summed E-state index contributed by atoms with van der Waals surface area (Å²) in [5.74, 6) is 0.680. The molecule has 0 aliphatic carbocycles. The zero-order chi connectivity index (χ0) is 14.8. The first-order chi connectivity index (χ1) is 10.1. The zero-order valence-corrected chi connectivity index (χ0v) is 12.1. The van der Waals surface area contributed by atoms with Crippen molar-refractivity contribution < 1.29 is 4.79 Å². The van der Waals surface area contributed by atoms with Crippen LogP contribution in [0.15, 0.2) is 48.5 Å². The summed E-state index contributed by atoms with van der Waals surface area (Å²) in [6.45, 7) is 3.86. The Labute approximate surface area is 123 Å². The van der Waals surface area contributed by atoms with Gasteiger partial charge >= 0.3 is 0 Å². The predicted octanol–water partition coefficient (Wildman–Crippen LogP) is 3.36. The van der Waals surface area contributed by atoms with Crippen LogP contribution in [0, 0.1) is 6.92 Å². The Kier molecular flexibility index (Phi) is 3.44. The summed E-state index contributed by atoms with van der Waals surface area (Å²) < 4.78 is 0. The van der Waals surface area contributed by atoms with Crippen molar-refractivity contribution in [3.8, 4) is 0 Å². The highest BCUT2D eigenvalue weighted by atomic mass is 16.1. The van der Waals surface area contributed by atoms with Crippen molar-refractivity contribution in [3.63, 3.8) is 0 Å². The van der Waals surface area contributed by atoms with E-state index in [1.807, 2.05) is 62.4 Å². The van der Waals surface area contributed by atoms with Crippen LogP contribution >= 0.6 is 0 Å². The molecule has 0 bridgehead atoms. The van der Waals surface area contributed by atoms with E-state index in [1.54, 1.807) is 0 Å². The van der Waals surface area contributed by atoms with Crippen molar-refractivity contribution in [1.82, 2.24) is 15.3 Å². The number of benzene rings is 2. The molecule has 1 heterocycles. The predicted molar refractivity (Wildman–Crippen MR) is 83.2 cm³/mol. The van der Waals surface area contributed by atoms with E-state index in [0.717, 1.165) is 22.4 Å². The highest BCUT2D eigenvalue weighted by molar-refractivity contribution is 5.95. The van der Waals surface area contributed by atoms with E-state index < -0.39 is 0 Å². The van der Waals surface area contributed by atoms with Gasteiger partial charge in [0.15, 0.2) is 0 Å². The number of aromatic amines is 1. The van der Waals surface area contributed by atoms with Crippen LogP contribution in [0.3, 0.4) is 0 Å². The van der Waals surface area contributed by atoms with Crippen molar-refractivity contribution in [2.75, 3.05) is 0 Å². The fourth-order valence-electron chi connectivity index (χ4n) is 2.35. The van der Waals surface area contributed by atoms with Gasteiger partial charge in [-0.1, -0.05) is 30.3 Å². The van der Waals surface area contributed by atoms with Crippen LogP contribution < -0.4 is 5.32 Å². The van der Waals surface area contributed by atoms with Gasteiger partial charge < -0.3 is 10.3 Å². The van der Waals surface area contributed by atoms with Gasteiger partial charge in [-0.15, -0.1) is 0 Å². The molecule has 0 unspecified atom stereocenters. The Balaban J connectivity index is 1.81. The molecule has 3 aromatic rings. The molecule has 0 radical (unpaired) electrons. The van der Waals surface area contributed by atoms with Gasteiger partial charge in [0.05, 0.1) is 17.1 Å². The molecule has 106 valence electrons. The van der Waals surface area contributed by atoms with Crippen LogP contribution in [0.1, 0.15) is 34.7 Å². The van der Waals surface area contributed by atoms with Gasteiger partial charge in [0.1, 0.15) is 5.82 Å². The molecule has 4 nitrogen and oxygen atoms in total. The average Bonchev–Trinajstić information content (AvgIpc) is 2.91. The molecule has 0 aliphatic heterocycles. The minimum atomic E-state index is -0.176. The van der Waals surface area contributed by atoms with Gasteiger partial charge in [-0.2, -0.15) is 0 Å². The van der Waals surface area contributed by atoms with Crippen LogP contribution in [0.25, 0.3) is 11.0 Å². The summed E-state index contributed by atoms with van der Waals surface area (Å²) >= 11 is 0. The maximum Gasteiger partial charge on any atom is 0.252 e. The molecule has 4 heteroatoms. The van der Waals surface area contributed by atoms with Crippen LogP contribution in [-0.4, -0.2) is 15.9 Å². The quantitative estimate of drug-likeness (QED) is 0.772. The maximum atomic E-state index is 12.3. The van der Waals surface area contributed by atoms with Crippen molar-refractivity contribution in [3.05, 3.63) is 65.5 Å². The molecular formula is C17H17N3O. The number of hydrogen-bond acceptors (Lipinski definition) is 2. The van der Waals surface area contributed by atoms with Crippen LogP contribution in [-0.2, 0) is 0 Å². The second kappa shape index (κ2) is 5.40. The molecule has 0 saturated carbocycles. The SMILES string of the molecule is Cc1ccccc1C(=O)N[C@H](C)c1nc2ccccc2[nH]1. The van der Waals surface area contributed by atoms with Crippen LogP contribution in [0.4, 0.5) is 0 Å². The molecule has 1 amide bonds. The number of aryl methyl sites for hydroxylation is 1. The summed E-state index contributed by atoms with van der Waals surface area (Å²) in [5, 5.41) is 2.98. The highest BCUT2D eigenvalue weighted by Gasteiger charge is 2.15. The fourth-order valence-corrected chi connectivity index (χ4v) is 2.35. The van der Waals surface area contributed by atoms with E-state index in [4.69, 9.17) is 0 Å². The minimum Gasteiger partial charge on any atom is -0.342 e. The third-order valence-electron chi connectivity index (χ3n) is 3.56. The Bertz CT molecular complexity index is 758. The van der Waals surface area contributed by atoms with Crippen LogP contribution in [0.5, 0.6) is 0 Å². The van der Waals surface area contributed by atoms with E-state index in [9.17, 15) is 4.79 Å². The molecule has 3 rings (SSSR count). The number of para-hydroxylation sites is 2. The van der Waals surface area contributed by atoms with E-state index in [0.29, 0.717) is 5.56 Å². The number of H-pyrrole nitrogens is 1. The Hall–Kier alpha value is -2.62. The number of hydrogen-bond donors (Lipinski definition) is 2. The summed E-state index contributed by atoms with van der Waals surface area (Å²) in [6.07, 6.45) is 0. The fraction of sp³-hybridized carbons (Fsp3) is 0.176. The molecule has 1 aromatic heterocycles. The van der Waals surface area contributed by atoms with Gasteiger partial charge in [-0.25, -0.2) is 4.98 Å². The number of nitrogens with zero attached hydrogens (tertiary/aromatic N) is 1. The molecule has 21 heavy (non-hydrogen) atoms. The van der Waals surface area contributed by atoms with E-state index in [-0.39, 0.29) is 11.9 Å². The minimum absolute atomic E-state index is 0.0824. The Morgan fingerprint density at radius 3 is 2.62 bits per heavy atom. The molecule has 2 aromatic carbocycles. The third-order valence-corrected chi connectivity index (χ3v) is 3.56. The van der Waals surface area contributed by atoms with Gasteiger partial charge in [0, 0.05) is 5.56 Å². The number of fused-ring (bicyclic) bond motifs is 1. The summed E-state index contributed by atoms with van der Waals surface area (Å²) in [5.41, 5.74) is 3.54. The number of carbonyl (C=O) groups excluding carboxylic acids is 1. The lowest BCUT2D eigenvalue weighted by Gasteiger charge is -2.12. The maximum absolute atomic E-state index is 12.3. The van der Waals surface area contributed by atoms with E-state index in [1.165, 1.54) is 0 Å². The number of aromatic nitrogens is 2. The molecule has 0 fully saturated rings. The summed E-state index contributed by atoms with van der Waals surface area (Å²) in [6, 6.07) is 15.2. The third kappa shape index (κ3) is 2.65. The number of rotatable bonds is 3. The number of imidazole rings is 1. The lowest BCUT2D eigenvalue weighted by Crippen LogP contribution is -2.27. The summed E-state index contributed by atoms with van der Waals surface area (Å²) in [4.78, 5) is 20.1. The topological polar surface area (TPSA) is 57.8 Å². The first kappa shape index (κ1) is 13.4. The van der Waals surface area contributed by atoms with Gasteiger partial charge in [0.2, 0.25) is 0 Å². The second-order valence-electron chi connectivity index (χ2n) is 5.15. The Morgan fingerprint density at radius 1 is 1.14 bits per heavy atom. The van der Waals surface area contributed by atoms with Gasteiger partial charge in [-0.05, 0) is 37.6 Å². The molecule has 1 atom stereocenters. The zero-order valence-electron chi connectivity index (χ0n) is 12.1. The van der Waals surface area contributed by atoms with Crippen molar-refractivity contribution >= 4 is 16.9 Å².